The van der Waals surface area contributed by atoms with Crippen LogP contribution in [-0.4, -0.2) is 58.1 Å². The first-order chi connectivity index (χ1) is 13.4. The molecule has 148 valence electrons. The van der Waals surface area contributed by atoms with E-state index in [4.69, 9.17) is 5.73 Å². The van der Waals surface area contributed by atoms with Crippen molar-refractivity contribution in [2.24, 2.45) is 5.73 Å². The van der Waals surface area contributed by atoms with Crippen molar-refractivity contribution in [2.75, 3.05) is 30.4 Å². The minimum absolute atomic E-state index is 0.0182. The maximum Gasteiger partial charge on any atom is 0.273 e. The average Bonchev–Trinajstić information content (AvgIpc) is 3.11. The van der Waals surface area contributed by atoms with Gasteiger partial charge in [-0.1, -0.05) is 6.58 Å². The maximum absolute atomic E-state index is 11.9. The molecule has 0 aliphatic carbocycles. The SMILES string of the molecule is C=CC(=O)N1CCC[C@@H](N(C)c2nnc(C(N)=O)c(Nc3cc(C)cs3)n2)C1. The fourth-order valence-electron chi connectivity index (χ4n) is 3.10. The molecule has 10 heteroatoms. The van der Waals surface area contributed by atoms with Crippen LogP contribution in [0, 0.1) is 6.92 Å². The lowest BCUT2D eigenvalue weighted by molar-refractivity contribution is -0.127. The normalized spacial score (nSPS) is 16.5. The number of carbonyl (C=O) groups is 2. The molecule has 0 radical (unpaired) electrons. The molecule has 0 saturated carbocycles. The fourth-order valence-corrected chi connectivity index (χ4v) is 3.89. The van der Waals surface area contributed by atoms with Crippen LogP contribution in [0.2, 0.25) is 0 Å². The lowest BCUT2D eigenvalue weighted by Crippen LogP contribution is -2.48. The summed E-state index contributed by atoms with van der Waals surface area (Å²) in [5, 5.41) is 14.0. The Balaban J connectivity index is 1.84. The number of hydrogen-bond acceptors (Lipinski definition) is 8. The Kier molecular flexibility index (Phi) is 5.88. The van der Waals surface area contributed by atoms with E-state index in [-0.39, 0.29) is 23.5 Å². The summed E-state index contributed by atoms with van der Waals surface area (Å²) in [5.74, 6) is -0.165. The number of aryl methyl sites for hydroxylation is 1. The molecule has 2 aromatic rings. The highest BCUT2D eigenvalue weighted by atomic mass is 32.1. The molecule has 1 fully saturated rings. The first-order valence-electron chi connectivity index (χ1n) is 8.90. The number of aromatic nitrogens is 3. The van der Waals surface area contributed by atoms with Crippen LogP contribution in [0.15, 0.2) is 24.1 Å². The molecule has 0 aromatic carbocycles. The Labute approximate surface area is 167 Å². The third-order valence-corrected chi connectivity index (χ3v) is 5.59. The van der Waals surface area contributed by atoms with Crippen LogP contribution in [0.3, 0.4) is 0 Å². The van der Waals surface area contributed by atoms with Gasteiger partial charge in [-0.3, -0.25) is 9.59 Å². The van der Waals surface area contributed by atoms with Crippen molar-refractivity contribution in [3.63, 3.8) is 0 Å². The van der Waals surface area contributed by atoms with Gasteiger partial charge in [0.2, 0.25) is 11.9 Å². The lowest BCUT2D eigenvalue weighted by atomic mass is 10.0. The summed E-state index contributed by atoms with van der Waals surface area (Å²) in [5.41, 5.74) is 6.50. The lowest BCUT2D eigenvalue weighted by Gasteiger charge is -2.37. The molecule has 1 aliphatic rings. The second kappa shape index (κ2) is 8.34. The van der Waals surface area contributed by atoms with E-state index >= 15 is 0 Å². The molecule has 28 heavy (non-hydrogen) atoms. The first-order valence-corrected chi connectivity index (χ1v) is 9.78. The average molecular weight is 401 g/mol. The third kappa shape index (κ3) is 4.28. The molecular weight excluding hydrogens is 378 g/mol. The van der Waals surface area contributed by atoms with Crippen molar-refractivity contribution in [1.82, 2.24) is 20.1 Å². The van der Waals surface area contributed by atoms with Gasteiger partial charge >= 0.3 is 0 Å². The molecule has 3 heterocycles. The summed E-state index contributed by atoms with van der Waals surface area (Å²) in [7, 11) is 1.85. The summed E-state index contributed by atoms with van der Waals surface area (Å²) < 4.78 is 0. The molecule has 0 unspecified atom stereocenters. The molecule has 1 saturated heterocycles. The number of nitrogens with zero attached hydrogens (tertiary/aromatic N) is 5. The zero-order valence-electron chi connectivity index (χ0n) is 15.9. The Bertz CT molecular complexity index is 898. The molecule has 1 atom stereocenters. The van der Waals surface area contributed by atoms with E-state index in [1.54, 1.807) is 4.90 Å². The van der Waals surface area contributed by atoms with Gasteiger partial charge in [0.1, 0.15) is 0 Å². The maximum atomic E-state index is 11.9. The van der Waals surface area contributed by atoms with Gasteiger partial charge in [0.05, 0.1) is 5.00 Å². The number of likely N-dealkylation sites (N-methyl/N-ethyl adjacent to an activating group) is 1. The van der Waals surface area contributed by atoms with Crippen LogP contribution in [-0.2, 0) is 4.79 Å². The van der Waals surface area contributed by atoms with Gasteiger partial charge in [0, 0.05) is 26.2 Å². The van der Waals surface area contributed by atoms with Crippen molar-refractivity contribution < 1.29 is 9.59 Å². The van der Waals surface area contributed by atoms with Crippen molar-refractivity contribution in [3.05, 3.63) is 35.4 Å². The quantitative estimate of drug-likeness (QED) is 0.707. The van der Waals surface area contributed by atoms with Crippen molar-refractivity contribution in [1.29, 1.82) is 0 Å². The molecule has 3 N–H and O–H groups in total. The van der Waals surface area contributed by atoms with Crippen LogP contribution in [0.5, 0.6) is 0 Å². The summed E-state index contributed by atoms with van der Waals surface area (Å²) >= 11 is 1.49. The molecule has 9 nitrogen and oxygen atoms in total. The van der Waals surface area contributed by atoms with Gasteiger partial charge in [0.15, 0.2) is 11.5 Å². The largest absolute Gasteiger partial charge is 0.364 e. The summed E-state index contributed by atoms with van der Waals surface area (Å²) in [6, 6.07) is 1.98. The topological polar surface area (TPSA) is 117 Å². The Morgan fingerprint density at radius 2 is 2.25 bits per heavy atom. The Hall–Kier alpha value is -3.01. The van der Waals surface area contributed by atoms with E-state index in [0.717, 1.165) is 23.4 Å². The molecular formula is C18H23N7O2S. The van der Waals surface area contributed by atoms with Gasteiger partial charge in [-0.05, 0) is 42.9 Å². The van der Waals surface area contributed by atoms with Crippen LogP contribution in [0.4, 0.5) is 16.8 Å². The van der Waals surface area contributed by atoms with Crippen molar-refractivity contribution in [3.8, 4) is 0 Å². The zero-order valence-corrected chi connectivity index (χ0v) is 16.7. The number of amides is 2. The number of primary amides is 1. The van der Waals surface area contributed by atoms with Crippen LogP contribution >= 0.6 is 11.3 Å². The second-order valence-electron chi connectivity index (χ2n) is 6.68. The second-order valence-corrected chi connectivity index (χ2v) is 7.59. The minimum atomic E-state index is -0.703. The monoisotopic (exact) mass is 401 g/mol. The van der Waals surface area contributed by atoms with Gasteiger partial charge < -0.3 is 20.9 Å². The van der Waals surface area contributed by atoms with E-state index < -0.39 is 5.91 Å². The van der Waals surface area contributed by atoms with Gasteiger partial charge in [-0.15, -0.1) is 21.5 Å². The molecule has 3 rings (SSSR count). The number of nitrogens with one attached hydrogen (secondary N) is 1. The highest BCUT2D eigenvalue weighted by molar-refractivity contribution is 7.14. The Morgan fingerprint density at radius 1 is 1.46 bits per heavy atom. The zero-order chi connectivity index (χ0) is 20.3. The third-order valence-electron chi connectivity index (χ3n) is 4.63. The molecule has 2 aromatic heterocycles. The van der Waals surface area contributed by atoms with Gasteiger partial charge in [0.25, 0.3) is 5.91 Å². The van der Waals surface area contributed by atoms with E-state index in [1.807, 2.05) is 30.3 Å². The standard InChI is InChI=1S/C18H23N7O2S/c1-4-14(26)25-7-5-6-12(9-25)24(3)18-21-17(15(16(19)27)22-23-18)20-13-8-11(2)10-28-13/h4,8,10,12H,1,5-7,9H2,2-3H3,(H2,19,27)(H,20,21,23)/t12-/m1/s1. The highest BCUT2D eigenvalue weighted by Crippen LogP contribution is 2.26. The molecule has 0 bridgehead atoms. The van der Waals surface area contributed by atoms with Crippen molar-refractivity contribution in [2.45, 2.75) is 25.8 Å². The molecule has 2 amide bonds. The van der Waals surface area contributed by atoms with E-state index in [1.165, 1.54) is 17.4 Å². The first kappa shape index (κ1) is 19.7. The van der Waals surface area contributed by atoms with Gasteiger partial charge in [-0.25, -0.2) is 0 Å². The number of hydrogen-bond donors (Lipinski definition) is 2. The summed E-state index contributed by atoms with van der Waals surface area (Å²) in [6.07, 6.45) is 3.10. The van der Waals surface area contributed by atoms with Gasteiger partial charge in [-0.2, -0.15) is 4.98 Å². The predicted molar refractivity (Wildman–Crippen MR) is 109 cm³/mol. The van der Waals surface area contributed by atoms with Crippen LogP contribution in [0.1, 0.15) is 28.9 Å². The van der Waals surface area contributed by atoms with Crippen LogP contribution in [0.25, 0.3) is 0 Å². The highest BCUT2D eigenvalue weighted by Gasteiger charge is 2.27. The number of piperidine rings is 1. The van der Waals surface area contributed by atoms with Crippen LogP contribution < -0.4 is 16.0 Å². The smallest absolute Gasteiger partial charge is 0.273 e. The number of anilines is 3. The Morgan fingerprint density at radius 3 is 2.89 bits per heavy atom. The summed E-state index contributed by atoms with van der Waals surface area (Å²) in [4.78, 5) is 31.8. The summed E-state index contributed by atoms with van der Waals surface area (Å²) in [6.45, 7) is 6.79. The minimum Gasteiger partial charge on any atom is -0.364 e. The van der Waals surface area contributed by atoms with E-state index in [0.29, 0.717) is 19.0 Å². The number of nitrogens with two attached hydrogens (primary N) is 1. The number of rotatable bonds is 6. The number of thiophene rings is 1. The van der Waals surface area contributed by atoms with Crippen molar-refractivity contribution >= 4 is 39.9 Å². The number of likely N-dealkylation sites (tertiary alicyclic amines) is 1. The molecule has 0 spiro atoms. The van der Waals surface area contributed by atoms with E-state index in [9.17, 15) is 9.59 Å². The van der Waals surface area contributed by atoms with E-state index in [2.05, 4.69) is 27.1 Å². The fraction of sp³-hybridized carbons (Fsp3) is 0.389. The molecule has 1 aliphatic heterocycles. The number of carbonyl (C=O) groups excluding carboxylic acids is 2. The predicted octanol–water partition coefficient (Wildman–Crippen LogP) is 1.70.